The van der Waals surface area contributed by atoms with Gasteiger partial charge in [0.1, 0.15) is 0 Å². The van der Waals surface area contributed by atoms with E-state index in [1.165, 1.54) is 0 Å². The van der Waals surface area contributed by atoms with Crippen molar-refractivity contribution in [2.24, 2.45) is 0 Å². The summed E-state index contributed by atoms with van der Waals surface area (Å²) < 4.78 is 0. The van der Waals surface area contributed by atoms with Gasteiger partial charge in [-0.25, -0.2) is 0 Å². The molecule has 0 unspecified atom stereocenters. The van der Waals surface area contributed by atoms with Crippen LogP contribution in [0.4, 0.5) is 11.4 Å². The maximum atomic E-state index is 11.9. The van der Waals surface area contributed by atoms with Gasteiger partial charge in [0, 0.05) is 30.4 Å². The van der Waals surface area contributed by atoms with E-state index in [-0.39, 0.29) is 5.91 Å². The van der Waals surface area contributed by atoms with Gasteiger partial charge in [0.05, 0.1) is 0 Å². The van der Waals surface area contributed by atoms with E-state index < -0.39 is 0 Å². The summed E-state index contributed by atoms with van der Waals surface area (Å²) in [6.45, 7) is 7.04. The van der Waals surface area contributed by atoms with Gasteiger partial charge in [-0.1, -0.05) is 13.0 Å². The van der Waals surface area contributed by atoms with Crippen molar-refractivity contribution in [2.75, 3.05) is 16.8 Å². The molecule has 4 nitrogen and oxygen atoms in total. The number of nitrogens with one attached hydrogen (secondary N) is 2. The van der Waals surface area contributed by atoms with Crippen LogP contribution >= 0.6 is 12.2 Å². The lowest BCUT2D eigenvalue weighted by Gasteiger charge is -2.20. The Hall–Kier alpha value is -1.62. The first kappa shape index (κ1) is 15.8. The number of carbonyl (C=O) groups is 1. The van der Waals surface area contributed by atoms with E-state index in [2.05, 4.69) is 24.5 Å². The van der Waals surface area contributed by atoms with Gasteiger partial charge in [-0.05, 0) is 56.6 Å². The Bertz CT molecular complexity index is 544. The molecule has 0 aromatic heterocycles. The number of carbonyl (C=O) groups excluding carboxylic acids is 1. The second kappa shape index (κ2) is 6.89. The highest BCUT2D eigenvalue weighted by Gasteiger charge is 2.23. The van der Waals surface area contributed by atoms with Gasteiger partial charge in [0.25, 0.3) is 0 Å². The highest BCUT2D eigenvalue weighted by Crippen LogP contribution is 2.28. The summed E-state index contributed by atoms with van der Waals surface area (Å²) >= 11 is 5.31. The normalized spacial score (nSPS) is 16.0. The molecule has 1 aromatic rings. The van der Waals surface area contributed by atoms with Crippen molar-refractivity contribution in [2.45, 2.75) is 46.1 Å². The number of nitrogens with zero attached hydrogens (tertiary/aromatic N) is 1. The zero-order chi connectivity index (χ0) is 15.4. The number of thiocarbonyl (C=S) groups is 1. The van der Waals surface area contributed by atoms with Gasteiger partial charge < -0.3 is 15.5 Å². The van der Waals surface area contributed by atoms with Crippen LogP contribution in [0.15, 0.2) is 18.2 Å². The number of rotatable bonds is 4. The van der Waals surface area contributed by atoms with Crippen molar-refractivity contribution >= 4 is 34.6 Å². The van der Waals surface area contributed by atoms with Gasteiger partial charge in [-0.3, -0.25) is 4.79 Å². The van der Waals surface area contributed by atoms with Crippen LogP contribution < -0.4 is 15.5 Å². The second-order valence-electron chi connectivity index (χ2n) is 5.56. The highest BCUT2D eigenvalue weighted by molar-refractivity contribution is 7.80. The van der Waals surface area contributed by atoms with Crippen molar-refractivity contribution in [3.8, 4) is 0 Å². The third-order valence-corrected chi connectivity index (χ3v) is 4.04. The average molecular weight is 305 g/mol. The van der Waals surface area contributed by atoms with E-state index >= 15 is 0 Å². The number of hydrogen-bond acceptors (Lipinski definition) is 2. The Morgan fingerprint density at radius 3 is 2.86 bits per heavy atom. The Kier molecular flexibility index (Phi) is 5.17. The molecular formula is C16H23N3OS. The Labute approximate surface area is 131 Å². The standard InChI is InChI=1S/C16H23N3OS/c1-4-12(3)17-16(21)18-13-8-7-11(2)14(10-13)19-9-5-6-15(19)20/h7-8,10,12H,4-6,9H2,1-3H3,(H2,17,18,21)/t12-/m1/s1. The summed E-state index contributed by atoms with van der Waals surface area (Å²) in [5.41, 5.74) is 3.00. The molecule has 0 aliphatic carbocycles. The lowest BCUT2D eigenvalue weighted by Crippen LogP contribution is -2.35. The number of aryl methyl sites for hydroxylation is 1. The first-order valence-corrected chi connectivity index (χ1v) is 7.90. The number of amides is 1. The Morgan fingerprint density at radius 2 is 2.24 bits per heavy atom. The molecule has 114 valence electrons. The van der Waals surface area contributed by atoms with E-state index in [4.69, 9.17) is 12.2 Å². The predicted molar refractivity (Wildman–Crippen MR) is 91.9 cm³/mol. The Morgan fingerprint density at radius 1 is 1.48 bits per heavy atom. The van der Waals surface area contributed by atoms with Crippen molar-refractivity contribution in [3.63, 3.8) is 0 Å². The molecule has 2 rings (SSSR count). The molecule has 21 heavy (non-hydrogen) atoms. The van der Waals surface area contributed by atoms with Gasteiger partial charge in [-0.15, -0.1) is 0 Å². The van der Waals surface area contributed by atoms with E-state index in [9.17, 15) is 4.79 Å². The first-order chi connectivity index (χ1) is 10.0. The van der Waals surface area contributed by atoms with Crippen molar-refractivity contribution in [3.05, 3.63) is 23.8 Å². The minimum atomic E-state index is 0.204. The van der Waals surface area contributed by atoms with Crippen molar-refractivity contribution in [1.82, 2.24) is 5.32 Å². The monoisotopic (exact) mass is 305 g/mol. The zero-order valence-corrected chi connectivity index (χ0v) is 13.7. The third kappa shape index (κ3) is 3.94. The fourth-order valence-electron chi connectivity index (χ4n) is 2.37. The van der Waals surface area contributed by atoms with Gasteiger partial charge in [0.2, 0.25) is 5.91 Å². The van der Waals surface area contributed by atoms with Crippen LogP contribution in [0, 0.1) is 6.92 Å². The van der Waals surface area contributed by atoms with Crippen LogP contribution in [-0.2, 0) is 4.79 Å². The van der Waals surface area contributed by atoms with Crippen LogP contribution in [0.25, 0.3) is 0 Å². The maximum Gasteiger partial charge on any atom is 0.227 e. The summed E-state index contributed by atoms with van der Waals surface area (Å²) in [7, 11) is 0. The van der Waals surface area contributed by atoms with Gasteiger partial charge >= 0.3 is 0 Å². The lowest BCUT2D eigenvalue weighted by molar-refractivity contribution is -0.117. The van der Waals surface area contributed by atoms with E-state index in [0.29, 0.717) is 17.6 Å². The van der Waals surface area contributed by atoms with E-state index in [1.54, 1.807) is 0 Å². The molecule has 1 atom stereocenters. The summed E-state index contributed by atoms with van der Waals surface area (Å²) in [5.74, 6) is 0.204. The molecule has 0 saturated carbocycles. The van der Waals surface area contributed by atoms with E-state index in [1.807, 2.05) is 30.0 Å². The van der Waals surface area contributed by atoms with Crippen LogP contribution in [0.1, 0.15) is 38.7 Å². The molecule has 0 spiro atoms. The van der Waals surface area contributed by atoms with Crippen molar-refractivity contribution < 1.29 is 4.79 Å². The highest BCUT2D eigenvalue weighted by atomic mass is 32.1. The van der Waals surface area contributed by atoms with Crippen LogP contribution in [0.2, 0.25) is 0 Å². The molecule has 1 heterocycles. The molecule has 5 heteroatoms. The van der Waals surface area contributed by atoms with E-state index in [0.717, 1.165) is 36.3 Å². The quantitative estimate of drug-likeness (QED) is 0.839. The smallest absolute Gasteiger partial charge is 0.227 e. The number of hydrogen-bond donors (Lipinski definition) is 2. The largest absolute Gasteiger partial charge is 0.360 e. The Balaban J connectivity index is 2.11. The molecule has 2 N–H and O–H groups in total. The summed E-state index contributed by atoms with van der Waals surface area (Å²) in [6.07, 6.45) is 2.60. The van der Waals surface area contributed by atoms with Gasteiger partial charge in [-0.2, -0.15) is 0 Å². The molecular weight excluding hydrogens is 282 g/mol. The fraction of sp³-hybridized carbons (Fsp3) is 0.500. The van der Waals surface area contributed by atoms with Crippen LogP contribution in [0.3, 0.4) is 0 Å². The molecule has 1 aliphatic rings. The molecule has 1 aliphatic heterocycles. The average Bonchev–Trinajstić information content (AvgIpc) is 2.86. The summed E-state index contributed by atoms with van der Waals surface area (Å²) in [5, 5.41) is 7.04. The predicted octanol–water partition coefficient (Wildman–Crippen LogP) is 3.21. The molecule has 0 bridgehead atoms. The molecule has 1 amide bonds. The van der Waals surface area contributed by atoms with Crippen molar-refractivity contribution in [1.29, 1.82) is 0 Å². The molecule has 1 saturated heterocycles. The lowest BCUT2D eigenvalue weighted by atomic mass is 10.1. The third-order valence-electron chi connectivity index (χ3n) is 3.82. The second-order valence-corrected chi connectivity index (χ2v) is 5.97. The minimum Gasteiger partial charge on any atom is -0.360 e. The van der Waals surface area contributed by atoms with Crippen LogP contribution in [-0.4, -0.2) is 23.6 Å². The fourth-order valence-corrected chi connectivity index (χ4v) is 2.69. The molecule has 1 fully saturated rings. The van der Waals surface area contributed by atoms with Crippen LogP contribution in [0.5, 0.6) is 0 Å². The first-order valence-electron chi connectivity index (χ1n) is 7.49. The summed E-state index contributed by atoms with van der Waals surface area (Å²) in [4.78, 5) is 13.8. The zero-order valence-electron chi connectivity index (χ0n) is 12.9. The topological polar surface area (TPSA) is 44.4 Å². The maximum absolute atomic E-state index is 11.9. The van der Waals surface area contributed by atoms with Gasteiger partial charge in [0.15, 0.2) is 5.11 Å². The molecule has 1 aromatic carbocycles. The number of benzene rings is 1. The molecule has 0 radical (unpaired) electrons. The SMILES string of the molecule is CC[C@@H](C)NC(=S)Nc1ccc(C)c(N2CCCC2=O)c1. The summed E-state index contributed by atoms with van der Waals surface area (Å²) in [6, 6.07) is 6.36. The minimum absolute atomic E-state index is 0.204. The number of anilines is 2.